The Morgan fingerprint density at radius 2 is 1.79 bits per heavy atom. The minimum atomic E-state index is 0.519. The fraction of sp³-hybridized carbons (Fsp3) is 0.250. The number of nitrogens with zero attached hydrogens (tertiary/aromatic N) is 1. The molecule has 2 N–H and O–H groups in total. The fourth-order valence-corrected chi connectivity index (χ4v) is 2.43. The molecule has 2 aromatic rings. The largest absolute Gasteiger partial charge is 0.366 e. The van der Waals surface area contributed by atoms with Crippen LogP contribution in [0.3, 0.4) is 0 Å². The molecule has 0 saturated carbocycles. The summed E-state index contributed by atoms with van der Waals surface area (Å²) in [5.41, 5.74) is 9.03. The lowest BCUT2D eigenvalue weighted by Crippen LogP contribution is -2.22. The SMILES string of the molecule is CCN(Cc1ccccc1)c1ccc(CN)cc1Cl. The molecule has 0 aliphatic heterocycles. The van der Waals surface area contributed by atoms with E-state index in [9.17, 15) is 0 Å². The van der Waals surface area contributed by atoms with E-state index in [4.69, 9.17) is 17.3 Å². The Bertz CT molecular complexity index is 526. The summed E-state index contributed by atoms with van der Waals surface area (Å²) >= 11 is 6.35. The molecule has 0 radical (unpaired) electrons. The molecule has 0 saturated heterocycles. The van der Waals surface area contributed by atoms with Gasteiger partial charge in [0.15, 0.2) is 0 Å². The lowest BCUT2D eigenvalue weighted by Gasteiger charge is -2.24. The normalized spacial score (nSPS) is 10.5. The van der Waals surface area contributed by atoms with Crippen molar-refractivity contribution in [1.82, 2.24) is 0 Å². The van der Waals surface area contributed by atoms with Crippen LogP contribution >= 0.6 is 11.6 Å². The number of hydrogen-bond donors (Lipinski definition) is 1. The van der Waals surface area contributed by atoms with Crippen molar-refractivity contribution < 1.29 is 0 Å². The Kier molecular flexibility index (Phi) is 4.83. The molecule has 0 atom stereocenters. The van der Waals surface area contributed by atoms with E-state index < -0.39 is 0 Å². The second-order valence-electron chi connectivity index (χ2n) is 4.49. The van der Waals surface area contributed by atoms with Crippen LogP contribution in [-0.4, -0.2) is 6.54 Å². The Hall–Kier alpha value is -1.51. The molecule has 2 rings (SSSR count). The molecule has 0 aliphatic carbocycles. The van der Waals surface area contributed by atoms with Gasteiger partial charge in [-0.25, -0.2) is 0 Å². The minimum Gasteiger partial charge on any atom is -0.366 e. The van der Waals surface area contributed by atoms with Crippen LogP contribution in [0.5, 0.6) is 0 Å². The summed E-state index contributed by atoms with van der Waals surface area (Å²) in [6, 6.07) is 16.4. The van der Waals surface area contributed by atoms with E-state index in [2.05, 4.69) is 42.2 Å². The monoisotopic (exact) mass is 274 g/mol. The van der Waals surface area contributed by atoms with Gasteiger partial charge < -0.3 is 10.6 Å². The molecule has 0 amide bonds. The Labute approximate surface area is 119 Å². The average molecular weight is 275 g/mol. The predicted octanol–water partition coefficient (Wildman–Crippen LogP) is 3.83. The first-order valence-corrected chi connectivity index (χ1v) is 6.89. The molecule has 19 heavy (non-hydrogen) atoms. The molecule has 0 unspecified atom stereocenters. The highest BCUT2D eigenvalue weighted by atomic mass is 35.5. The first kappa shape index (κ1) is 13.9. The van der Waals surface area contributed by atoms with Crippen LogP contribution in [0, 0.1) is 0 Å². The molecule has 100 valence electrons. The average Bonchev–Trinajstić information content (AvgIpc) is 2.46. The Morgan fingerprint density at radius 3 is 2.37 bits per heavy atom. The number of halogens is 1. The van der Waals surface area contributed by atoms with Gasteiger partial charge in [-0.3, -0.25) is 0 Å². The summed E-state index contributed by atoms with van der Waals surface area (Å²) in [6.07, 6.45) is 0. The Morgan fingerprint density at radius 1 is 1.05 bits per heavy atom. The van der Waals surface area contributed by atoms with Gasteiger partial charge in [-0.05, 0) is 30.2 Å². The molecule has 2 aromatic carbocycles. The summed E-state index contributed by atoms with van der Waals surface area (Å²) in [5, 5.41) is 0.765. The predicted molar refractivity (Wildman–Crippen MR) is 82.5 cm³/mol. The maximum absolute atomic E-state index is 6.35. The van der Waals surface area contributed by atoms with Crippen molar-refractivity contribution in [2.75, 3.05) is 11.4 Å². The van der Waals surface area contributed by atoms with Crippen LogP contribution < -0.4 is 10.6 Å². The maximum atomic E-state index is 6.35. The second kappa shape index (κ2) is 6.60. The number of anilines is 1. The lowest BCUT2D eigenvalue weighted by molar-refractivity contribution is 0.831. The number of rotatable bonds is 5. The van der Waals surface area contributed by atoms with Gasteiger partial charge in [-0.2, -0.15) is 0 Å². The van der Waals surface area contributed by atoms with Crippen LogP contribution in [0.2, 0.25) is 5.02 Å². The summed E-state index contributed by atoms with van der Waals surface area (Å²) < 4.78 is 0. The van der Waals surface area contributed by atoms with Crippen molar-refractivity contribution in [3.63, 3.8) is 0 Å². The third-order valence-corrected chi connectivity index (χ3v) is 3.49. The van der Waals surface area contributed by atoms with Crippen LogP contribution in [0.4, 0.5) is 5.69 Å². The highest BCUT2D eigenvalue weighted by Crippen LogP contribution is 2.28. The zero-order chi connectivity index (χ0) is 13.7. The van der Waals surface area contributed by atoms with E-state index in [0.717, 1.165) is 29.4 Å². The third kappa shape index (κ3) is 3.49. The smallest absolute Gasteiger partial charge is 0.0642 e. The summed E-state index contributed by atoms with van der Waals surface area (Å²) in [5.74, 6) is 0. The van der Waals surface area contributed by atoms with E-state index in [0.29, 0.717) is 6.54 Å². The number of hydrogen-bond acceptors (Lipinski definition) is 2. The minimum absolute atomic E-state index is 0.519. The maximum Gasteiger partial charge on any atom is 0.0642 e. The van der Waals surface area contributed by atoms with Crippen molar-refractivity contribution in [3.05, 3.63) is 64.7 Å². The van der Waals surface area contributed by atoms with Crippen LogP contribution in [-0.2, 0) is 13.1 Å². The van der Waals surface area contributed by atoms with E-state index in [1.165, 1.54) is 5.56 Å². The molecule has 0 fully saturated rings. The van der Waals surface area contributed by atoms with Gasteiger partial charge in [-0.15, -0.1) is 0 Å². The molecule has 0 spiro atoms. The zero-order valence-corrected chi connectivity index (χ0v) is 11.9. The molecule has 0 heterocycles. The van der Waals surface area contributed by atoms with E-state index >= 15 is 0 Å². The van der Waals surface area contributed by atoms with Gasteiger partial charge in [0.2, 0.25) is 0 Å². The third-order valence-electron chi connectivity index (χ3n) is 3.19. The van der Waals surface area contributed by atoms with Crippen molar-refractivity contribution >= 4 is 17.3 Å². The van der Waals surface area contributed by atoms with Crippen molar-refractivity contribution in [3.8, 4) is 0 Å². The summed E-state index contributed by atoms with van der Waals surface area (Å²) in [4.78, 5) is 2.26. The van der Waals surface area contributed by atoms with Crippen LogP contribution in [0.25, 0.3) is 0 Å². The molecular weight excluding hydrogens is 256 g/mol. The first-order valence-electron chi connectivity index (χ1n) is 6.52. The highest BCUT2D eigenvalue weighted by molar-refractivity contribution is 6.33. The molecule has 0 bridgehead atoms. The van der Waals surface area contributed by atoms with Crippen molar-refractivity contribution in [2.45, 2.75) is 20.0 Å². The van der Waals surface area contributed by atoms with Crippen molar-refractivity contribution in [2.24, 2.45) is 5.73 Å². The van der Waals surface area contributed by atoms with Gasteiger partial charge in [0, 0.05) is 19.6 Å². The fourth-order valence-electron chi connectivity index (χ4n) is 2.10. The quantitative estimate of drug-likeness (QED) is 0.898. The zero-order valence-electron chi connectivity index (χ0n) is 11.1. The first-order chi connectivity index (χ1) is 9.24. The molecule has 0 aliphatic rings. The van der Waals surface area contributed by atoms with E-state index in [1.807, 2.05) is 18.2 Å². The van der Waals surface area contributed by atoms with Gasteiger partial charge in [0.1, 0.15) is 0 Å². The summed E-state index contributed by atoms with van der Waals surface area (Å²) in [7, 11) is 0. The van der Waals surface area contributed by atoms with Gasteiger partial charge in [0.25, 0.3) is 0 Å². The molecular formula is C16H19ClN2. The molecule has 0 aromatic heterocycles. The molecule has 3 heteroatoms. The van der Waals surface area contributed by atoms with Gasteiger partial charge in [0.05, 0.1) is 10.7 Å². The standard InChI is InChI=1S/C16H19ClN2/c1-2-19(12-13-6-4-3-5-7-13)16-9-8-14(11-18)10-15(16)17/h3-10H,2,11-12,18H2,1H3. The van der Waals surface area contributed by atoms with Crippen molar-refractivity contribution in [1.29, 1.82) is 0 Å². The van der Waals surface area contributed by atoms with E-state index in [1.54, 1.807) is 0 Å². The van der Waals surface area contributed by atoms with E-state index in [-0.39, 0.29) is 0 Å². The Balaban J connectivity index is 2.22. The topological polar surface area (TPSA) is 29.3 Å². The summed E-state index contributed by atoms with van der Waals surface area (Å²) in [6.45, 7) is 4.43. The lowest BCUT2D eigenvalue weighted by atomic mass is 10.1. The second-order valence-corrected chi connectivity index (χ2v) is 4.90. The van der Waals surface area contributed by atoms with Crippen LogP contribution in [0.15, 0.2) is 48.5 Å². The van der Waals surface area contributed by atoms with Gasteiger partial charge in [-0.1, -0.05) is 48.0 Å². The van der Waals surface area contributed by atoms with Crippen LogP contribution in [0.1, 0.15) is 18.1 Å². The molecule has 2 nitrogen and oxygen atoms in total. The van der Waals surface area contributed by atoms with Gasteiger partial charge >= 0.3 is 0 Å². The number of benzene rings is 2. The highest BCUT2D eigenvalue weighted by Gasteiger charge is 2.09. The number of nitrogens with two attached hydrogens (primary N) is 1.